The highest BCUT2D eigenvalue weighted by atomic mass is 35.5. The largest absolute Gasteiger partial charge is 0.504 e. The maximum Gasteiger partial charge on any atom is 0.162 e. The van der Waals surface area contributed by atoms with Gasteiger partial charge >= 0.3 is 0 Å². The van der Waals surface area contributed by atoms with Gasteiger partial charge < -0.3 is 15.1 Å². The van der Waals surface area contributed by atoms with Crippen molar-refractivity contribution in [1.82, 2.24) is 4.90 Å². The zero-order valence-electron chi connectivity index (χ0n) is 8.56. The summed E-state index contributed by atoms with van der Waals surface area (Å²) in [6.07, 6.45) is 0. The molecule has 2 N–H and O–H groups in total. The number of hydrogen-bond donors (Lipinski definition) is 2. The Morgan fingerprint density at radius 1 is 1.33 bits per heavy atom. The first kappa shape index (κ1) is 13.6. The molecular weight excluding hydrogens is 216 g/mol. The van der Waals surface area contributed by atoms with Crippen molar-refractivity contribution in [1.29, 1.82) is 5.26 Å². The van der Waals surface area contributed by atoms with Crippen LogP contribution in [0.4, 0.5) is 0 Å². The number of halogens is 1. The first-order chi connectivity index (χ1) is 6.54. The number of nitriles is 1. The van der Waals surface area contributed by atoms with Crippen LogP contribution in [0.5, 0.6) is 11.5 Å². The lowest BCUT2D eigenvalue weighted by molar-refractivity contribution is 0.368. The van der Waals surface area contributed by atoms with E-state index in [0.717, 1.165) is 0 Å². The fourth-order valence-electron chi connectivity index (χ4n) is 1.20. The lowest BCUT2D eigenvalue weighted by atomic mass is 10.1. The Morgan fingerprint density at radius 2 is 1.93 bits per heavy atom. The number of aromatic hydroxyl groups is 2. The van der Waals surface area contributed by atoms with Gasteiger partial charge in [-0.2, -0.15) is 5.26 Å². The van der Waals surface area contributed by atoms with E-state index in [9.17, 15) is 10.2 Å². The lowest BCUT2D eigenvalue weighted by Gasteiger charge is -2.12. The quantitative estimate of drug-likeness (QED) is 0.752. The van der Waals surface area contributed by atoms with Gasteiger partial charge in [0, 0.05) is 18.2 Å². The van der Waals surface area contributed by atoms with Crippen molar-refractivity contribution in [3.8, 4) is 17.6 Å². The Labute approximate surface area is 94.8 Å². The normalized spacial score (nSPS) is 9.47. The molecule has 0 aliphatic heterocycles. The summed E-state index contributed by atoms with van der Waals surface area (Å²) in [6.45, 7) is 0.481. The summed E-state index contributed by atoms with van der Waals surface area (Å²) in [6, 6.07) is 4.73. The second-order valence-electron chi connectivity index (χ2n) is 3.35. The lowest BCUT2D eigenvalue weighted by Crippen LogP contribution is -2.10. The van der Waals surface area contributed by atoms with Crippen molar-refractivity contribution in [2.45, 2.75) is 6.54 Å². The van der Waals surface area contributed by atoms with Gasteiger partial charge in [-0.05, 0) is 20.2 Å². The second kappa shape index (κ2) is 5.44. The Morgan fingerprint density at radius 3 is 2.40 bits per heavy atom. The first-order valence-corrected chi connectivity index (χ1v) is 4.14. The van der Waals surface area contributed by atoms with Gasteiger partial charge in [0.2, 0.25) is 0 Å². The maximum absolute atomic E-state index is 9.48. The van der Waals surface area contributed by atoms with Gasteiger partial charge in [0.05, 0.1) is 11.6 Å². The van der Waals surface area contributed by atoms with E-state index in [2.05, 4.69) is 0 Å². The van der Waals surface area contributed by atoms with Crippen LogP contribution in [-0.4, -0.2) is 29.2 Å². The van der Waals surface area contributed by atoms with E-state index in [4.69, 9.17) is 5.26 Å². The van der Waals surface area contributed by atoms with Gasteiger partial charge in [-0.25, -0.2) is 0 Å². The number of rotatable bonds is 2. The minimum atomic E-state index is -0.249. The Hall–Kier alpha value is -1.44. The van der Waals surface area contributed by atoms with E-state index >= 15 is 0 Å². The number of phenols is 2. The van der Waals surface area contributed by atoms with Crippen molar-refractivity contribution in [2.75, 3.05) is 14.1 Å². The standard InChI is InChI=1S/C10H12N2O2.ClH/c1-12(2)6-8-3-7(5-11)4-9(13)10(8)14;/h3-4,13-14H,6H2,1-2H3;1H. The smallest absolute Gasteiger partial charge is 0.162 e. The summed E-state index contributed by atoms with van der Waals surface area (Å²) in [5, 5.41) is 27.4. The number of benzene rings is 1. The molecular formula is C10H13ClN2O2. The highest BCUT2D eigenvalue weighted by Crippen LogP contribution is 2.30. The van der Waals surface area contributed by atoms with Gasteiger partial charge in [-0.3, -0.25) is 0 Å². The molecule has 0 aliphatic rings. The zero-order valence-corrected chi connectivity index (χ0v) is 9.38. The minimum Gasteiger partial charge on any atom is -0.504 e. The van der Waals surface area contributed by atoms with Gasteiger partial charge in [0.15, 0.2) is 11.5 Å². The zero-order chi connectivity index (χ0) is 10.7. The molecule has 0 bridgehead atoms. The molecule has 0 aromatic heterocycles. The fraction of sp³-hybridized carbons (Fsp3) is 0.300. The minimum absolute atomic E-state index is 0. The molecule has 0 saturated heterocycles. The van der Waals surface area contributed by atoms with Crippen molar-refractivity contribution >= 4 is 12.4 Å². The van der Waals surface area contributed by atoms with Crippen molar-refractivity contribution < 1.29 is 10.2 Å². The SMILES string of the molecule is CN(C)Cc1cc(C#N)cc(O)c1O.Cl. The summed E-state index contributed by atoms with van der Waals surface area (Å²) in [4.78, 5) is 1.84. The van der Waals surface area contributed by atoms with E-state index in [1.54, 1.807) is 6.07 Å². The predicted octanol–water partition coefficient (Wildman–Crippen LogP) is 1.45. The molecule has 1 rings (SSSR count). The number of nitrogens with zero attached hydrogens (tertiary/aromatic N) is 2. The Bertz CT molecular complexity index is 386. The van der Waals surface area contributed by atoms with Crippen LogP contribution in [-0.2, 0) is 6.54 Å². The third kappa shape index (κ3) is 3.31. The van der Waals surface area contributed by atoms with E-state index < -0.39 is 0 Å². The van der Waals surface area contributed by atoms with Gasteiger partial charge in [-0.15, -0.1) is 12.4 Å². The van der Waals surface area contributed by atoms with Crippen LogP contribution in [0.1, 0.15) is 11.1 Å². The van der Waals surface area contributed by atoms with Crippen molar-refractivity contribution in [3.05, 3.63) is 23.3 Å². The molecule has 1 aromatic carbocycles. The summed E-state index contributed by atoms with van der Waals surface area (Å²) in [5.41, 5.74) is 0.892. The summed E-state index contributed by atoms with van der Waals surface area (Å²) < 4.78 is 0. The molecule has 0 saturated carbocycles. The molecule has 1 aromatic rings. The average molecular weight is 229 g/mol. The molecule has 0 heterocycles. The van der Waals surface area contributed by atoms with E-state index in [1.807, 2.05) is 25.1 Å². The molecule has 4 nitrogen and oxygen atoms in total. The van der Waals surface area contributed by atoms with Crippen molar-refractivity contribution in [3.63, 3.8) is 0 Å². The number of phenolic OH excluding ortho intramolecular Hbond substituents is 2. The molecule has 82 valence electrons. The molecule has 5 heteroatoms. The van der Waals surface area contributed by atoms with Gasteiger partial charge in [0.1, 0.15) is 0 Å². The van der Waals surface area contributed by atoms with Crippen LogP contribution in [0.15, 0.2) is 12.1 Å². The summed E-state index contributed by atoms with van der Waals surface area (Å²) >= 11 is 0. The predicted molar refractivity (Wildman–Crippen MR) is 59.1 cm³/mol. The molecule has 0 aliphatic carbocycles. The van der Waals surface area contributed by atoms with Crippen LogP contribution in [0, 0.1) is 11.3 Å². The fourth-order valence-corrected chi connectivity index (χ4v) is 1.20. The van der Waals surface area contributed by atoms with Gasteiger partial charge in [0.25, 0.3) is 0 Å². The number of hydrogen-bond acceptors (Lipinski definition) is 4. The Balaban J connectivity index is 0.00000196. The molecule has 0 unspecified atom stereocenters. The third-order valence-electron chi connectivity index (χ3n) is 1.78. The molecule has 0 radical (unpaired) electrons. The topological polar surface area (TPSA) is 67.5 Å². The van der Waals surface area contributed by atoms with Crippen LogP contribution in [0.25, 0.3) is 0 Å². The summed E-state index contributed by atoms with van der Waals surface area (Å²) in [5.74, 6) is -0.404. The highest BCUT2D eigenvalue weighted by Gasteiger charge is 2.09. The highest BCUT2D eigenvalue weighted by molar-refractivity contribution is 5.85. The second-order valence-corrected chi connectivity index (χ2v) is 3.35. The molecule has 0 spiro atoms. The van der Waals surface area contributed by atoms with Crippen molar-refractivity contribution in [2.24, 2.45) is 0 Å². The van der Waals surface area contributed by atoms with Crippen LogP contribution in [0.3, 0.4) is 0 Å². The monoisotopic (exact) mass is 228 g/mol. The van der Waals surface area contributed by atoms with Crippen LogP contribution in [0.2, 0.25) is 0 Å². The Kier molecular flexibility index (Phi) is 4.92. The maximum atomic E-state index is 9.48. The van der Waals surface area contributed by atoms with Crippen LogP contribution < -0.4 is 0 Å². The third-order valence-corrected chi connectivity index (χ3v) is 1.78. The molecule has 0 atom stereocenters. The van der Waals surface area contributed by atoms with Gasteiger partial charge in [-0.1, -0.05) is 0 Å². The molecule has 0 amide bonds. The molecule has 15 heavy (non-hydrogen) atoms. The van der Waals surface area contributed by atoms with E-state index in [-0.39, 0.29) is 23.9 Å². The molecule has 0 fully saturated rings. The average Bonchev–Trinajstić information content (AvgIpc) is 2.11. The van der Waals surface area contributed by atoms with E-state index in [0.29, 0.717) is 17.7 Å². The summed E-state index contributed by atoms with van der Waals surface area (Å²) in [7, 11) is 3.69. The first-order valence-electron chi connectivity index (χ1n) is 4.14. The van der Waals surface area contributed by atoms with Crippen LogP contribution >= 0.6 is 12.4 Å². The van der Waals surface area contributed by atoms with E-state index in [1.165, 1.54) is 6.07 Å².